The van der Waals surface area contributed by atoms with Crippen LogP contribution in [0.25, 0.3) is 0 Å². The lowest BCUT2D eigenvalue weighted by atomic mass is 9.99. The highest BCUT2D eigenvalue weighted by atomic mass is 31.2. The Morgan fingerprint density at radius 1 is 1.04 bits per heavy atom. The van der Waals surface area contributed by atoms with Gasteiger partial charge < -0.3 is 34.6 Å². The molecular formula is C14H29O9P. The van der Waals surface area contributed by atoms with E-state index in [0.29, 0.717) is 6.61 Å². The van der Waals surface area contributed by atoms with Crippen molar-refractivity contribution in [2.24, 2.45) is 0 Å². The number of aliphatic hydroxyl groups is 3. The molecule has 0 aromatic heterocycles. The van der Waals surface area contributed by atoms with E-state index in [1.54, 1.807) is 0 Å². The van der Waals surface area contributed by atoms with Crippen LogP contribution >= 0.6 is 7.82 Å². The first-order valence-electron chi connectivity index (χ1n) is 8.28. The average molecular weight is 372 g/mol. The van der Waals surface area contributed by atoms with E-state index in [9.17, 15) is 19.9 Å². The van der Waals surface area contributed by atoms with Gasteiger partial charge in [0.25, 0.3) is 0 Å². The summed E-state index contributed by atoms with van der Waals surface area (Å²) in [7, 11) is -4.91. The Bertz CT molecular complexity index is 386. The number of rotatable bonds is 11. The van der Waals surface area contributed by atoms with E-state index in [2.05, 4.69) is 11.4 Å². The molecule has 1 aliphatic rings. The largest absolute Gasteiger partial charge is 0.470 e. The number of unbranched alkanes of at least 4 members (excludes halogenated alkanes) is 5. The SMILES string of the molecule is CCCCCCCCO[C@@H]1O[C@H](CO)[C@@H](OP(=O)(O)O)[C@H](O)[C@H]1O. The summed E-state index contributed by atoms with van der Waals surface area (Å²) < 4.78 is 26.0. The lowest BCUT2D eigenvalue weighted by Crippen LogP contribution is -2.59. The predicted molar refractivity (Wildman–Crippen MR) is 84.0 cm³/mol. The molecule has 10 heteroatoms. The average Bonchev–Trinajstić information content (AvgIpc) is 2.51. The molecule has 0 amide bonds. The molecule has 0 unspecified atom stereocenters. The van der Waals surface area contributed by atoms with Crippen molar-refractivity contribution in [1.29, 1.82) is 0 Å². The molecule has 144 valence electrons. The third kappa shape index (κ3) is 7.43. The van der Waals surface area contributed by atoms with Crippen molar-refractivity contribution in [3.05, 3.63) is 0 Å². The molecule has 0 spiro atoms. The minimum Gasteiger partial charge on any atom is -0.394 e. The highest BCUT2D eigenvalue weighted by Gasteiger charge is 2.47. The summed E-state index contributed by atoms with van der Waals surface area (Å²) in [6.07, 6.45) is -0.820. The van der Waals surface area contributed by atoms with Gasteiger partial charge in [0, 0.05) is 6.61 Å². The van der Waals surface area contributed by atoms with Crippen LogP contribution in [0, 0.1) is 0 Å². The van der Waals surface area contributed by atoms with Crippen LogP contribution in [0.15, 0.2) is 0 Å². The number of aliphatic hydroxyl groups excluding tert-OH is 3. The lowest BCUT2D eigenvalue weighted by molar-refractivity contribution is -0.298. The Labute approximate surface area is 141 Å². The molecule has 0 aromatic carbocycles. The molecule has 0 aliphatic carbocycles. The van der Waals surface area contributed by atoms with Gasteiger partial charge in [-0.05, 0) is 6.42 Å². The molecule has 1 rings (SSSR count). The monoisotopic (exact) mass is 372 g/mol. The first kappa shape index (κ1) is 22.0. The minimum atomic E-state index is -4.91. The third-order valence-electron chi connectivity index (χ3n) is 3.86. The number of hydrogen-bond donors (Lipinski definition) is 5. The van der Waals surface area contributed by atoms with E-state index in [4.69, 9.17) is 19.3 Å². The first-order valence-corrected chi connectivity index (χ1v) is 9.81. The van der Waals surface area contributed by atoms with Gasteiger partial charge in [0.15, 0.2) is 6.29 Å². The van der Waals surface area contributed by atoms with Crippen molar-refractivity contribution in [1.82, 2.24) is 0 Å². The van der Waals surface area contributed by atoms with Crippen LogP contribution in [-0.4, -0.2) is 69.0 Å². The molecule has 1 fully saturated rings. The Morgan fingerprint density at radius 3 is 2.25 bits per heavy atom. The molecule has 9 nitrogen and oxygen atoms in total. The Balaban J connectivity index is 2.44. The van der Waals surface area contributed by atoms with Gasteiger partial charge in [-0.25, -0.2) is 4.57 Å². The van der Waals surface area contributed by atoms with Crippen molar-refractivity contribution in [2.75, 3.05) is 13.2 Å². The van der Waals surface area contributed by atoms with Crippen molar-refractivity contribution < 1.29 is 43.7 Å². The second-order valence-corrected chi connectivity index (χ2v) is 7.10. The summed E-state index contributed by atoms with van der Waals surface area (Å²) in [6.45, 7) is 1.80. The fraction of sp³-hybridized carbons (Fsp3) is 1.00. The summed E-state index contributed by atoms with van der Waals surface area (Å²) in [5.74, 6) is 0. The summed E-state index contributed by atoms with van der Waals surface area (Å²) >= 11 is 0. The summed E-state index contributed by atoms with van der Waals surface area (Å²) in [5, 5.41) is 29.2. The maximum atomic E-state index is 10.9. The van der Waals surface area contributed by atoms with Gasteiger partial charge in [-0.2, -0.15) is 0 Å². The molecule has 1 heterocycles. The van der Waals surface area contributed by atoms with E-state index in [-0.39, 0.29) is 0 Å². The van der Waals surface area contributed by atoms with Crippen molar-refractivity contribution in [3.63, 3.8) is 0 Å². The molecule has 5 atom stereocenters. The molecular weight excluding hydrogens is 343 g/mol. The summed E-state index contributed by atoms with van der Waals surface area (Å²) in [4.78, 5) is 17.7. The van der Waals surface area contributed by atoms with E-state index in [1.165, 1.54) is 6.42 Å². The van der Waals surface area contributed by atoms with Gasteiger partial charge in [-0.15, -0.1) is 0 Å². The number of hydrogen-bond acceptors (Lipinski definition) is 7. The lowest BCUT2D eigenvalue weighted by Gasteiger charge is -2.41. The van der Waals surface area contributed by atoms with Crippen LogP contribution < -0.4 is 0 Å². The van der Waals surface area contributed by atoms with Crippen LogP contribution in [-0.2, 0) is 18.6 Å². The predicted octanol–water partition coefficient (Wildman–Crippen LogP) is 0.280. The van der Waals surface area contributed by atoms with E-state index < -0.39 is 45.1 Å². The molecule has 1 saturated heterocycles. The normalized spacial score (nSPS) is 31.3. The van der Waals surface area contributed by atoms with Crippen molar-refractivity contribution in [3.8, 4) is 0 Å². The van der Waals surface area contributed by atoms with Gasteiger partial charge in [-0.3, -0.25) is 4.52 Å². The van der Waals surface area contributed by atoms with E-state index in [0.717, 1.165) is 32.1 Å². The molecule has 0 aromatic rings. The number of ether oxygens (including phenoxy) is 2. The summed E-state index contributed by atoms with van der Waals surface area (Å²) in [5.41, 5.74) is 0. The first-order chi connectivity index (χ1) is 11.3. The quantitative estimate of drug-likeness (QED) is 0.255. The molecule has 1 aliphatic heterocycles. The second-order valence-electron chi connectivity index (χ2n) is 5.91. The fourth-order valence-electron chi connectivity index (χ4n) is 2.56. The Hall–Kier alpha value is -0.0900. The molecule has 0 saturated carbocycles. The highest BCUT2D eigenvalue weighted by molar-refractivity contribution is 7.46. The zero-order valence-corrected chi connectivity index (χ0v) is 14.8. The molecule has 24 heavy (non-hydrogen) atoms. The number of phosphoric ester groups is 1. The van der Waals surface area contributed by atoms with E-state index >= 15 is 0 Å². The zero-order chi connectivity index (χ0) is 18.2. The summed E-state index contributed by atoms with van der Waals surface area (Å²) in [6, 6.07) is 0. The van der Waals surface area contributed by atoms with Crippen molar-refractivity contribution in [2.45, 2.75) is 76.2 Å². The van der Waals surface area contributed by atoms with Gasteiger partial charge in [0.2, 0.25) is 0 Å². The van der Waals surface area contributed by atoms with Gasteiger partial charge in [0.1, 0.15) is 24.4 Å². The minimum absolute atomic E-state index is 0.308. The van der Waals surface area contributed by atoms with Crippen LogP contribution in [0.2, 0.25) is 0 Å². The number of phosphoric acid groups is 1. The van der Waals surface area contributed by atoms with Crippen LogP contribution in [0.4, 0.5) is 0 Å². The van der Waals surface area contributed by atoms with Gasteiger partial charge in [0.05, 0.1) is 6.61 Å². The smallest absolute Gasteiger partial charge is 0.394 e. The fourth-order valence-corrected chi connectivity index (χ4v) is 3.14. The van der Waals surface area contributed by atoms with Crippen LogP contribution in [0.1, 0.15) is 45.4 Å². The molecule has 0 bridgehead atoms. The van der Waals surface area contributed by atoms with Crippen molar-refractivity contribution >= 4 is 7.82 Å². The Morgan fingerprint density at radius 2 is 1.67 bits per heavy atom. The second kappa shape index (κ2) is 10.8. The maximum absolute atomic E-state index is 10.9. The third-order valence-corrected chi connectivity index (χ3v) is 4.38. The topological polar surface area (TPSA) is 146 Å². The van der Waals surface area contributed by atoms with Crippen LogP contribution in [0.5, 0.6) is 0 Å². The van der Waals surface area contributed by atoms with E-state index in [1.807, 2.05) is 0 Å². The van der Waals surface area contributed by atoms with Gasteiger partial charge in [-0.1, -0.05) is 39.0 Å². The van der Waals surface area contributed by atoms with Gasteiger partial charge >= 0.3 is 7.82 Å². The maximum Gasteiger partial charge on any atom is 0.470 e. The highest BCUT2D eigenvalue weighted by Crippen LogP contribution is 2.41. The molecule has 5 N–H and O–H groups in total. The molecule has 0 radical (unpaired) electrons. The standard InChI is InChI=1S/C14H29O9P/c1-2-3-4-5-6-7-8-21-14-12(17)11(16)13(10(9-15)22-14)23-24(18,19)20/h10-17H,2-9H2,1H3,(H2,18,19,20)/t10-,11-,12-,13-,14-/m1/s1. The Kier molecular flexibility index (Phi) is 9.88. The van der Waals surface area contributed by atoms with Crippen LogP contribution in [0.3, 0.4) is 0 Å². The zero-order valence-electron chi connectivity index (χ0n) is 13.9.